The zero-order valence-electron chi connectivity index (χ0n) is 13.0. The van der Waals surface area contributed by atoms with Crippen LogP contribution in [-0.2, 0) is 12.8 Å². The highest BCUT2D eigenvalue weighted by molar-refractivity contribution is 5.25. The average molecular weight is 299 g/mol. The highest BCUT2D eigenvalue weighted by atomic mass is 14.9. The Morgan fingerprint density at radius 3 is 3.18 bits per heavy atom. The van der Waals surface area contributed by atoms with E-state index in [1.165, 1.54) is 24.1 Å². The highest BCUT2D eigenvalue weighted by Gasteiger charge is 2.20. The third kappa shape index (κ3) is 3.93. The number of nitrogens with one attached hydrogen (secondary N) is 2. The minimum Gasteiger partial charge on any atom is -0.349 e. The molecule has 2 atom stereocenters. The Balaban J connectivity index is 1.40. The molecule has 2 aromatic rings. The van der Waals surface area contributed by atoms with Crippen LogP contribution in [0.5, 0.6) is 0 Å². The van der Waals surface area contributed by atoms with Crippen LogP contribution in [-0.4, -0.2) is 27.5 Å². The lowest BCUT2D eigenvalue weighted by Crippen LogP contribution is -2.29. The first-order chi connectivity index (χ1) is 10.8. The highest BCUT2D eigenvalue weighted by Crippen LogP contribution is 2.27. The number of aryl methyl sites for hydroxylation is 1. The minimum atomic E-state index is 0.171. The number of nitrogens with zero attached hydrogens (tertiary/aromatic N) is 2. The zero-order chi connectivity index (χ0) is 15.2. The van der Waals surface area contributed by atoms with Gasteiger partial charge in [0.25, 0.3) is 0 Å². The molecule has 0 amide bonds. The van der Waals surface area contributed by atoms with E-state index in [4.69, 9.17) is 5.73 Å². The van der Waals surface area contributed by atoms with Crippen molar-refractivity contribution in [3.05, 3.63) is 47.8 Å². The maximum absolute atomic E-state index is 6.16. The van der Waals surface area contributed by atoms with Crippen LogP contribution in [0.2, 0.25) is 0 Å². The number of pyridine rings is 1. The summed E-state index contributed by atoms with van der Waals surface area (Å²) < 4.78 is 0. The van der Waals surface area contributed by atoms with Crippen LogP contribution in [0.15, 0.2) is 30.7 Å². The molecular formula is C17H25N5. The summed E-state index contributed by atoms with van der Waals surface area (Å²) >= 11 is 0. The maximum Gasteiger partial charge on any atom is 0.107 e. The van der Waals surface area contributed by atoms with E-state index in [9.17, 15) is 0 Å². The Labute approximate surface area is 131 Å². The fraction of sp³-hybridized carbons (Fsp3) is 0.529. The molecular weight excluding hydrogens is 274 g/mol. The fourth-order valence-corrected chi connectivity index (χ4v) is 3.21. The molecule has 2 heterocycles. The van der Waals surface area contributed by atoms with Crippen molar-refractivity contribution < 1.29 is 0 Å². The number of fused-ring (bicyclic) bond motifs is 1. The second kappa shape index (κ2) is 7.51. The van der Waals surface area contributed by atoms with Gasteiger partial charge in [-0.2, -0.15) is 0 Å². The molecule has 1 aliphatic rings. The van der Waals surface area contributed by atoms with E-state index in [2.05, 4.69) is 26.3 Å². The molecule has 0 fully saturated rings. The van der Waals surface area contributed by atoms with Gasteiger partial charge >= 0.3 is 0 Å². The molecule has 22 heavy (non-hydrogen) atoms. The van der Waals surface area contributed by atoms with Gasteiger partial charge in [-0.05, 0) is 50.3 Å². The van der Waals surface area contributed by atoms with Crippen molar-refractivity contribution in [1.29, 1.82) is 0 Å². The van der Waals surface area contributed by atoms with E-state index in [0.717, 1.165) is 38.1 Å². The van der Waals surface area contributed by atoms with Crippen LogP contribution in [0.25, 0.3) is 0 Å². The molecule has 0 aromatic carbocycles. The minimum absolute atomic E-state index is 0.171. The summed E-state index contributed by atoms with van der Waals surface area (Å²) in [6.07, 6.45) is 12.0. The van der Waals surface area contributed by atoms with E-state index in [1.54, 1.807) is 6.20 Å². The lowest BCUT2D eigenvalue weighted by molar-refractivity contribution is 0.433. The van der Waals surface area contributed by atoms with Gasteiger partial charge in [0.2, 0.25) is 0 Å². The quantitative estimate of drug-likeness (QED) is 0.684. The van der Waals surface area contributed by atoms with E-state index in [0.29, 0.717) is 6.04 Å². The van der Waals surface area contributed by atoms with Gasteiger partial charge in [-0.1, -0.05) is 6.07 Å². The second-order valence-corrected chi connectivity index (χ2v) is 6.09. The Bertz CT molecular complexity index is 566. The molecule has 118 valence electrons. The molecule has 2 unspecified atom stereocenters. The number of H-pyrrole nitrogens is 1. The summed E-state index contributed by atoms with van der Waals surface area (Å²) in [7, 11) is 0. The van der Waals surface area contributed by atoms with Gasteiger partial charge in [0.1, 0.15) is 5.82 Å². The molecule has 0 bridgehead atoms. The van der Waals surface area contributed by atoms with Gasteiger partial charge in [-0.3, -0.25) is 4.98 Å². The van der Waals surface area contributed by atoms with E-state index >= 15 is 0 Å². The predicted molar refractivity (Wildman–Crippen MR) is 87.4 cm³/mol. The monoisotopic (exact) mass is 299 g/mol. The summed E-state index contributed by atoms with van der Waals surface area (Å²) in [5, 5.41) is 3.65. The molecule has 0 aliphatic heterocycles. The Morgan fingerprint density at radius 2 is 2.32 bits per heavy atom. The normalized spacial score (nSPS) is 18.9. The van der Waals surface area contributed by atoms with E-state index < -0.39 is 0 Å². The molecule has 3 rings (SSSR count). The molecule has 0 radical (unpaired) electrons. The van der Waals surface area contributed by atoms with Crippen LogP contribution in [0.4, 0.5) is 0 Å². The summed E-state index contributed by atoms with van der Waals surface area (Å²) in [5.74, 6) is 0.978. The van der Waals surface area contributed by atoms with E-state index in [1.807, 2.05) is 18.5 Å². The van der Waals surface area contributed by atoms with Gasteiger partial charge in [0.05, 0.1) is 5.69 Å². The number of aromatic amines is 1. The predicted octanol–water partition coefficient (Wildman–Crippen LogP) is 2.12. The van der Waals surface area contributed by atoms with Gasteiger partial charge < -0.3 is 16.0 Å². The molecule has 0 saturated heterocycles. The zero-order valence-corrected chi connectivity index (χ0v) is 13.0. The second-order valence-electron chi connectivity index (χ2n) is 6.09. The molecule has 0 saturated carbocycles. The van der Waals surface area contributed by atoms with Gasteiger partial charge in [-0.25, -0.2) is 4.98 Å². The first kappa shape index (κ1) is 15.2. The van der Waals surface area contributed by atoms with Crippen LogP contribution in [0, 0.1) is 0 Å². The first-order valence-electron chi connectivity index (χ1n) is 8.24. The van der Waals surface area contributed by atoms with Crippen LogP contribution in [0.3, 0.4) is 0 Å². The summed E-state index contributed by atoms with van der Waals surface area (Å²) in [4.78, 5) is 11.9. The molecule has 5 nitrogen and oxygen atoms in total. The summed E-state index contributed by atoms with van der Waals surface area (Å²) in [6.45, 7) is 0.993. The van der Waals surface area contributed by atoms with Crippen molar-refractivity contribution in [2.24, 2.45) is 5.73 Å². The number of aromatic nitrogens is 3. The largest absolute Gasteiger partial charge is 0.349 e. The first-order valence-corrected chi connectivity index (χ1v) is 8.24. The van der Waals surface area contributed by atoms with Crippen LogP contribution in [0.1, 0.15) is 48.8 Å². The van der Waals surface area contributed by atoms with Crippen LogP contribution >= 0.6 is 0 Å². The van der Waals surface area contributed by atoms with E-state index in [-0.39, 0.29) is 6.04 Å². The van der Waals surface area contributed by atoms with Gasteiger partial charge in [0, 0.05) is 37.1 Å². The molecule has 2 aromatic heterocycles. The topological polar surface area (TPSA) is 79.6 Å². The molecule has 4 N–H and O–H groups in total. The summed E-state index contributed by atoms with van der Waals surface area (Å²) in [5.41, 5.74) is 8.81. The van der Waals surface area contributed by atoms with Crippen molar-refractivity contribution in [1.82, 2.24) is 20.3 Å². The smallest absolute Gasteiger partial charge is 0.107 e. The van der Waals surface area contributed by atoms with Crippen molar-refractivity contribution >= 4 is 0 Å². The lowest BCUT2D eigenvalue weighted by atomic mass is 9.92. The Hall–Kier alpha value is -1.72. The average Bonchev–Trinajstić information content (AvgIpc) is 3.04. The number of hydrogen-bond donors (Lipinski definition) is 3. The number of nitrogens with two attached hydrogens (primary N) is 1. The van der Waals surface area contributed by atoms with Crippen molar-refractivity contribution in [2.75, 3.05) is 6.54 Å². The fourth-order valence-electron chi connectivity index (χ4n) is 3.21. The number of rotatable bonds is 7. The molecule has 0 spiro atoms. The maximum atomic E-state index is 6.16. The van der Waals surface area contributed by atoms with Crippen molar-refractivity contribution in [3.8, 4) is 0 Å². The SMILES string of the molecule is NC(CCCNC1CCCc2cccnc21)Cc1ncc[nH]1. The third-order valence-corrected chi connectivity index (χ3v) is 4.35. The van der Waals surface area contributed by atoms with Crippen LogP contribution < -0.4 is 11.1 Å². The van der Waals surface area contributed by atoms with Gasteiger partial charge in [0.15, 0.2) is 0 Å². The molecule has 1 aliphatic carbocycles. The summed E-state index contributed by atoms with van der Waals surface area (Å²) in [6, 6.07) is 4.82. The number of imidazole rings is 1. The number of hydrogen-bond acceptors (Lipinski definition) is 4. The van der Waals surface area contributed by atoms with Crippen molar-refractivity contribution in [2.45, 2.75) is 50.6 Å². The van der Waals surface area contributed by atoms with Crippen molar-refractivity contribution in [3.63, 3.8) is 0 Å². The molecule has 5 heteroatoms. The Morgan fingerprint density at radius 1 is 1.36 bits per heavy atom. The Kier molecular flexibility index (Phi) is 5.19. The third-order valence-electron chi connectivity index (χ3n) is 4.35. The standard InChI is InChI=1S/C17H25N5/c18-14(12-16-20-10-11-21-16)6-3-8-19-15-7-1-4-13-5-2-9-22-17(13)15/h2,5,9-11,14-15,19H,1,3-4,6-8,12,18H2,(H,20,21). The van der Waals surface area contributed by atoms with Gasteiger partial charge in [-0.15, -0.1) is 0 Å². The lowest BCUT2D eigenvalue weighted by Gasteiger charge is -2.25.